The number of carbonyl (C=O) groups excluding carboxylic acids is 2. The Morgan fingerprint density at radius 1 is 1.09 bits per heavy atom. The Labute approximate surface area is 216 Å². The van der Waals surface area contributed by atoms with Crippen molar-refractivity contribution in [3.63, 3.8) is 0 Å². The summed E-state index contributed by atoms with van der Waals surface area (Å²) >= 11 is 3.44. The maximum Gasteiger partial charge on any atom is 0.242 e. The van der Waals surface area contributed by atoms with E-state index in [0.717, 1.165) is 16.3 Å². The third kappa shape index (κ3) is 8.85. The van der Waals surface area contributed by atoms with Crippen LogP contribution in [-0.4, -0.2) is 57.1 Å². The highest BCUT2D eigenvalue weighted by Crippen LogP contribution is 2.22. The lowest BCUT2D eigenvalue weighted by Gasteiger charge is -2.30. The Morgan fingerprint density at radius 2 is 1.74 bits per heavy atom. The number of carbonyl (C=O) groups is 2. The predicted octanol–water partition coefficient (Wildman–Crippen LogP) is 3.95. The first-order chi connectivity index (χ1) is 16.4. The predicted molar refractivity (Wildman–Crippen MR) is 142 cm³/mol. The molecule has 2 aromatic rings. The van der Waals surface area contributed by atoms with E-state index in [9.17, 15) is 18.0 Å². The zero-order valence-corrected chi connectivity index (χ0v) is 23.2. The fourth-order valence-corrected chi connectivity index (χ4v) is 4.98. The van der Waals surface area contributed by atoms with Gasteiger partial charge in [-0.25, -0.2) is 8.42 Å². The molecule has 0 saturated heterocycles. The molecule has 0 aliphatic heterocycles. The minimum atomic E-state index is -3.55. The topological polar surface area (TPSA) is 96.0 Å². The van der Waals surface area contributed by atoms with Crippen LogP contribution in [0.3, 0.4) is 0 Å². The summed E-state index contributed by atoms with van der Waals surface area (Å²) in [5.74, 6) is 0.160. The van der Waals surface area contributed by atoms with Gasteiger partial charge in [-0.3, -0.25) is 13.9 Å². The van der Waals surface area contributed by atoms with Gasteiger partial charge in [0.2, 0.25) is 21.8 Å². The molecule has 35 heavy (non-hydrogen) atoms. The molecule has 0 fully saturated rings. The van der Waals surface area contributed by atoms with Crippen molar-refractivity contribution in [2.24, 2.45) is 0 Å². The number of anilines is 1. The minimum absolute atomic E-state index is 0.0550. The van der Waals surface area contributed by atoms with Crippen molar-refractivity contribution in [2.45, 2.75) is 52.2 Å². The largest absolute Gasteiger partial charge is 0.497 e. The zero-order valence-electron chi connectivity index (χ0n) is 20.8. The lowest BCUT2D eigenvalue weighted by molar-refractivity contribution is -0.140. The van der Waals surface area contributed by atoms with Gasteiger partial charge in [-0.1, -0.05) is 28.1 Å². The van der Waals surface area contributed by atoms with Crippen molar-refractivity contribution >= 4 is 43.5 Å². The molecule has 1 atom stereocenters. The van der Waals surface area contributed by atoms with Crippen molar-refractivity contribution < 1.29 is 22.7 Å². The molecule has 0 radical (unpaired) electrons. The molecule has 2 rings (SSSR count). The van der Waals surface area contributed by atoms with Crippen molar-refractivity contribution in [3.05, 3.63) is 58.6 Å². The van der Waals surface area contributed by atoms with Gasteiger partial charge in [-0.2, -0.15) is 0 Å². The van der Waals surface area contributed by atoms with Crippen molar-refractivity contribution in [1.29, 1.82) is 0 Å². The van der Waals surface area contributed by atoms with Crippen LogP contribution in [0, 0.1) is 0 Å². The van der Waals surface area contributed by atoms with Gasteiger partial charge < -0.3 is 15.0 Å². The van der Waals surface area contributed by atoms with Crippen LogP contribution in [0.1, 0.15) is 39.2 Å². The molecule has 0 spiro atoms. The van der Waals surface area contributed by atoms with Crippen LogP contribution in [0.25, 0.3) is 0 Å². The molecule has 2 amide bonds. The Hall–Kier alpha value is -2.59. The molecule has 8 nitrogen and oxygen atoms in total. The third-order valence-corrected chi connectivity index (χ3v) is 7.04. The number of hydrogen-bond donors (Lipinski definition) is 1. The molecule has 0 aliphatic rings. The second kappa shape index (κ2) is 12.9. The highest BCUT2D eigenvalue weighted by atomic mass is 79.9. The van der Waals surface area contributed by atoms with Gasteiger partial charge in [-0.15, -0.1) is 0 Å². The van der Waals surface area contributed by atoms with Crippen LogP contribution in [0.2, 0.25) is 0 Å². The summed E-state index contributed by atoms with van der Waals surface area (Å²) in [6.07, 6.45) is 1.53. The third-order valence-electron chi connectivity index (χ3n) is 5.35. The standard InChI is InChI=1S/C25H34BrN3O5S/c1-18(2)27-25(31)19(3)28(17-20-8-6-9-21(26)16-20)24(30)10-7-15-29(35(5,32)33)22-11-13-23(34-4)14-12-22/h6,8-9,11-14,16,18-19H,7,10,15,17H2,1-5H3,(H,27,31). The van der Waals surface area contributed by atoms with Gasteiger partial charge in [0.25, 0.3) is 0 Å². The van der Waals surface area contributed by atoms with Crippen molar-refractivity contribution in [1.82, 2.24) is 10.2 Å². The zero-order chi connectivity index (χ0) is 26.2. The van der Waals surface area contributed by atoms with Crippen LogP contribution in [0.4, 0.5) is 5.69 Å². The minimum Gasteiger partial charge on any atom is -0.497 e. The summed E-state index contributed by atoms with van der Waals surface area (Å²) in [6, 6.07) is 13.5. The Balaban J connectivity index is 2.16. The fourth-order valence-electron chi connectivity index (χ4n) is 3.57. The Morgan fingerprint density at radius 3 is 2.29 bits per heavy atom. The van der Waals surface area contributed by atoms with E-state index >= 15 is 0 Å². The van der Waals surface area contributed by atoms with Crippen LogP contribution < -0.4 is 14.4 Å². The van der Waals surface area contributed by atoms with Crippen LogP contribution >= 0.6 is 15.9 Å². The number of benzene rings is 2. The normalized spacial score (nSPS) is 12.2. The van der Waals surface area contributed by atoms with Gasteiger partial charge in [0.15, 0.2) is 0 Å². The summed E-state index contributed by atoms with van der Waals surface area (Å²) in [5.41, 5.74) is 1.38. The summed E-state index contributed by atoms with van der Waals surface area (Å²) in [6.45, 7) is 5.83. The number of nitrogens with one attached hydrogen (secondary N) is 1. The molecule has 0 aromatic heterocycles. The number of ether oxygens (including phenoxy) is 1. The SMILES string of the molecule is COc1ccc(N(CCCC(=O)N(Cc2cccc(Br)c2)C(C)C(=O)NC(C)C)S(C)(=O)=O)cc1. The Bertz CT molecular complexity index is 1110. The smallest absolute Gasteiger partial charge is 0.242 e. The van der Waals surface area contributed by atoms with E-state index in [1.165, 1.54) is 16.3 Å². The number of nitrogens with zero attached hydrogens (tertiary/aromatic N) is 2. The van der Waals surface area contributed by atoms with Gasteiger partial charge in [0.05, 0.1) is 19.1 Å². The van der Waals surface area contributed by atoms with E-state index in [4.69, 9.17) is 4.74 Å². The summed E-state index contributed by atoms with van der Waals surface area (Å²) in [7, 11) is -2.02. The van der Waals surface area contributed by atoms with Gasteiger partial charge in [0.1, 0.15) is 11.8 Å². The molecule has 10 heteroatoms. The monoisotopic (exact) mass is 567 g/mol. The van der Waals surface area contributed by atoms with Crippen LogP contribution in [-0.2, 0) is 26.2 Å². The number of amides is 2. The average molecular weight is 569 g/mol. The first-order valence-electron chi connectivity index (χ1n) is 11.4. The van der Waals surface area contributed by atoms with Crippen molar-refractivity contribution in [3.8, 4) is 5.75 Å². The summed E-state index contributed by atoms with van der Waals surface area (Å²) in [5, 5.41) is 2.86. The first kappa shape index (κ1) is 28.6. The van der Waals surface area contributed by atoms with Crippen molar-refractivity contribution in [2.75, 3.05) is 24.2 Å². The molecule has 1 N–H and O–H groups in total. The van der Waals surface area contributed by atoms with E-state index < -0.39 is 16.1 Å². The van der Waals surface area contributed by atoms with E-state index in [1.54, 1.807) is 31.2 Å². The second-order valence-corrected chi connectivity index (χ2v) is 11.5. The molecule has 0 aliphatic carbocycles. The molecular weight excluding hydrogens is 534 g/mol. The molecule has 1 unspecified atom stereocenters. The number of rotatable bonds is 12. The van der Waals surface area contributed by atoms with Crippen LogP contribution in [0.5, 0.6) is 5.75 Å². The molecule has 0 saturated carbocycles. The van der Waals surface area contributed by atoms with Gasteiger partial charge in [0, 0.05) is 30.0 Å². The Kier molecular flexibility index (Phi) is 10.6. The maximum absolute atomic E-state index is 13.3. The first-order valence-corrected chi connectivity index (χ1v) is 14.0. The average Bonchev–Trinajstić information content (AvgIpc) is 2.78. The molecule has 0 heterocycles. The summed E-state index contributed by atoms with van der Waals surface area (Å²) in [4.78, 5) is 27.5. The second-order valence-electron chi connectivity index (χ2n) is 8.63. The van der Waals surface area contributed by atoms with E-state index in [-0.39, 0.29) is 37.4 Å². The maximum atomic E-state index is 13.3. The highest BCUT2D eigenvalue weighted by molar-refractivity contribution is 9.10. The summed E-state index contributed by atoms with van der Waals surface area (Å²) < 4.78 is 32.1. The van der Waals surface area contributed by atoms with Gasteiger partial charge in [-0.05, 0) is 69.2 Å². The van der Waals surface area contributed by atoms with Gasteiger partial charge >= 0.3 is 0 Å². The number of methoxy groups -OCH3 is 1. The number of halogens is 1. The quantitative estimate of drug-likeness (QED) is 0.419. The molecule has 2 aromatic carbocycles. The lowest BCUT2D eigenvalue weighted by atomic mass is 10.1. The number of sulfonamides is 1. The van der Waals surface area contributed by atoms with E-state index in [0.29, 0.717) is 17.9 Å². The highest BCUT2D eigenvalue weighted by Gasteiger charge is 2.27. The van der Waals surface area contributed by atoms with E-state index in [2.05, 4.69) is 21.2 Å². The molecule has 0 bridgehead atoms. The molecular formula is C25H34BrN3O5S. The number of hydrogen-bond acceptors (Lipinski definition) is 5. The molecule has 192 valence electrons. The fraction of sp³-hybridized carbons (Fsp3) is 0.440. The van der Waals surface area contributed by atoms with Crippen LogP contribution in [0.15, 0.2) is 53.0 Å². The lowest BCUT2D eigenvalue weighted by Crippen LogP contribution is -2.49. The van der Waals surface area contributed by atoms with E-state index in [1.807, 2.05) is 38.1 Å².